The molecule has 0 bridgehead atoms. The van der Waals surface area contributed by atoms with Gasteiger partial charge in [0.15, 0.2) is 0 Å². The molecule has 0 unspecified atom stereocenters. The standard InChI is InChI=1S/Be.4FH/h;4*1H. The first-order valence-electron chi connectivity index (χ1n) is 0. The summed E-state index contributed by atoms with van der Waals surface area (Å²) in [6.07, 6.45) is 0. The zero-order chi connectivity index (χ0) is 0. The first-order chi connectivity index (χ1) is 0. The van der Waals surface area contributed by atoms with E-state index in [0.717, 1.165) is 0 Å². The van der Waals surface area contributed by atoms with Gasteiger partial charge in [-0.05, 0) is 0 Å². The average Bonchev–Trinajstić information content (AvgIpc) is 0. The molecular weight excluding hydrogens is 85.0 g/mol. The third kappa shape index (κ3) is 1120. The monoisotopic (exact) mass is 89.0 g/mol. The van der Waals surface area contributed by atoms with Crippen molar-refractivity contribution in [1.29, 1.82) is 0 Å². The molecule has 0 aromatic rings. The van der Waals surface area contributed by atoms with E-state index in [1.807, 2.05) is 0 Å². The first-order valence-corrected chi connectivity index (χ1v) is 0. The second kappa shape index (κ2) is 2630. The SMILES string of the molecule is F.F.F.F.[Be]. The quantitative estimate of drug-likeness (QED) is 0.294. The largest absolute Gasteiger partial charge is 0.269 e. The maximum atomic E-state index is 0. The molecular formula is H4BeF4. The minimum atomic E-state index is 0. The molecule has 0 heterocycles. The van der Waals surface area contributed by atoms with Crippen LogP contribution in [0.4, 0.5) is 18.8 Å². The van der Waals surface area contributed by atoms with E-state index in [-0.39, 0.29) is 28.9 Å². The molecule has 0 saturated heterocycles. The molecule has 0 aliphatic heterocycles. The molecule has 0 aliphatic rings. The van der Waals surface area contributed by atoms with Crippen LogP contribution in [-0.4, -0.2) is 10.1 Å². The van der Waals surface area contributed by atoms with Gasteiger partial charge in [-0.2, -0.15) is 0 Å². The van der Waals surface area contributed by atoms with Crippen LogP contribution in [0.25, 0.3) is 0 Å². The molecule has 0 saturated carbocycles. The summed E-state index contributed by atoms with van der Waals surface area (Å²) in [5, 5.41) is 0. The molecule has 0 spiro atoms. The number of hydrogen-bond donors (Lipinski definition) is 0. The number of rotatable bonds is 0. The molecule has 34 valence electrons. The minimum Gasteiger partial charge on any atom is -0.269 e. The van der Waals surface area contributed by atoms with Crippen molar-refractivity contribution in [2.24, 2.45) is 0 Å². The molecule has 5 heteroatoms. The number of halogens is 4. The molecule has 0 aliphatic carbocycles. The summed E-state index contributed by atoms with van der Waals surface area (Å²) < 4.78 is 0. The van der Waals surface area contributed by atoms with Crippen LogP contribution >= 0.6 is 0 Å². The fourth-order valence-electron chi connectivity index (χ4n) is 0. The Balaban J connectivity index is 0. The third-order valence-electron chi connectivity index (χ3n) is 0. The predicted molar refractivity (Wildman–Crippen MR) is 15.8 cm³/mol. The Kier molecular flexibility index (Phi) is 3140000. The second-order valence-electron chi connectivity index (χ2n) is 0. The van der Waals surface area contributed by atoms with Gasteiger partial charge in [-0.15, -0.1) is 0 Å². The second-order valence-corrected chi connectivity index (χ2v) is 0. The van der Waals surface area contributed by atoms with Crippen LogP contribution in [0, 0.1) is 0 Å². The van der Waals surface area contributed by atoms with Gasteiger partial charge >= 0.3 is 0 Å². The Morgan fingerprint density at radius 2 is 0.400 bits per heavy atom. The van der Waals surface area contributed by atoms with Gasteiger partial charge in [-0.1, -0.05) is 0 Å². The van der Waals surface area contributed by atoms with E-state index in [1.165, 1.54) is 0 Å². The summed E-state index contributed by atoms with van der Waals surface area (Å²) in [4.78, 5) is 0. The van der Waals surface area contributed by atoms with Crippen molar-refractivity contribution in [2.45, 2.75) is 0 Å². The summed E-state index contributed by atoms with van der Waals surface area (Å²) >= 11 is 0. The van der Waals surface area contributed by atoms with E-state index < -0.39 is 0 Å². The van der Waals surface area contributed by atoms with Gasteiger partial charge < -0.3 is 0 Å². The van der Waals surface area contributed by atoms with E-state index in [0.29, 0.717) is 0 Å². The summed E-state index contributed by atoms with van der Waals surface area (Å²) in [5.74, 6) is 0. The fraction of sp³-hybridized carbons (Fsp3) is 0. The molecule has 0 fully saturated rings. The van der Waals surface area contributed by atoms with Gasteiger partial charge in [0.25, 0.3) is 0 Å². The van der Waals surface area contributed by atoms with Crippen molar-refractivity contribution in [3.05, 3.63) is 0 Å². The Labute approximate surface area is 30.2 Å². The Hall–Kier alpha value is -0.111. The third-order valence-corrected chi connectivity index (χ3v) is 0. The van der Waals surface area contributed by atoms with Crippen molar-refractivity contribution in [1.82, 2.24) is 0 Å². The molecule has 0 aromatic carbocycles. The van der Waals surface area contributed by atoms with Crippen LogP contribution in [0.3, 0.4) is 0 Å². The Morgan fingerprint density at radius 3 is 0.400 bits per heavy atom. The van der Waals surface area contributed by atoms with Crippen molar-refractivity contribution < 1.29 is 18.8 Å². The molecule has 0 atom stereocenters. The van der Waals surface area contributed by atoms with Crippen LogP contribution in [0.2, 0.25) is 0 Å². The summed E-state index contributed by atoms with van der Waals surface area (Å²) in [7, 11) is 0. The molecule has 5 heavy (non-hydrogen) atoms. The van der Waals surface area contributed by atoms with Gasteiger partial charge in [-0.25, -0.2) is 0 Å². The summed E-state index contributed by atoms with van der Waals surface area (Å²) in [5.41, 5.74) is 0. The Morgan fingerprint density at radius 1 is 0.400 bits per heavy atom. The van der Waals surface area contributed by atoms with Gasteiger partial charge in [0, 0.05) is 10.1 Å². The van der Waals surface area contributed by atoms with Crippen molar-refractivity contribution in [3.63, 3.8) is 0 Å². The molecule has 0 aromatic heterocycles. The van der Waals surface area contributed by atoms with Gasteiger partial charge in [0.1, 0.15) is 0 Å². The smallest absolute Gasteiger partial charge is 0 e. The maximum absolute atomic E-state index is 0. The van der Waals surface area contributed by atoms with E-state index in [9.17, 15) is 0 Å². The van der Waals surface area contributed by atoms with Crippen molar-refractivity contribution in [3.8, 4) is 0 Å². The van der Waals surface area contributed by atoms with Crippen molar-refractivity contribution in [2.75, 3.05) is 0 Å². The van der Waals surface area contributed by atoms with Crippen LogP contribution < -0.4 is 0 Å². The van der Waals surface area contributed by atoms with Crippen LogP contribution in [0.5, 0.6) is 0 Å². The topological polar surface area (TPSA) is 0 Å². The van der Waals surface area contributed by atoms with Crippen LogP contribution in [0.1, 0.15) is 0 Å². The summed E-state index contributed by atoms with van der Waals surface area (Å²) in [6, 6.07) is 0. The van der Waals surface area contributed by atoms with Gasteiger partial charge in [0.05, 0.1) is 0 Å². The van der Waals surface area contributed by atoms with Gasteiger partial charge in [0.2, 0.25) is 0 Å². The van der Waals surface area contributed by atoms with E-state index >= 15 is 0 Å². The summed E-state index contributed by atoms with van der Waals surface area (Å²) in [6.45, 7) is 0. The molecule has 0 rings (SSSR count). The predicted octanol–water partition coefficient (Wildman–Crippen LogP) is 0.229. The normalized spacial score (nSPS) is 0. The van der Waals surface area contributed by atoms with Crippen molar-refractivity contribution >= 4 is 10.1 Å². The van der Waals surface area contributed by atoms with E-state index in [4.69, 9.17) is 0 Å². The van der Waals surface area contributed by atoms with E-state index in [2.05, 4.69) is 0 Å². The molecule has 0 amide bonds. The molecule has 0 nitrogen and oxygen atoms in total. The average molecular weight is 89.0 g/mol. The van der Waals surface area contributed by atoms with Crippen LogP contribution in [-0.2, 0) is 0 Å². The first kappa shape index (κ1) is 5980. The van der Waals surface area contributed by atoms with Gasteiger partial charge in [-0.3, -0.25) is 18.8 Å². The minimum absolute atomic E-state index is 0. The fourth-order valence-corrected chi connectivity index (χ4v) is 0. The molecule has 2 radical (unpaired) electrons. The maximum Gasteiger partial charge on any atom is 0 e. The Bertz CT molecular complexity index is 3.61. The van der Waals surface area contributed by atoms with Crippen LogP contribution in [0.15, 0.2) is 0 Å². The zero-order valence-corrected chi connectivity index (χ0v) is 2.34. The molecule has 0 N–H and O–H groups in total. The number of hydrogen-bond acceptors (Lipinski definition) is 0. The zero-order valence-electron chi connectivity index (χ0n) is 2.34. The van der Waals surface area contributed by atoms with E-state index in [1.54, 1.807) is 0 Å².